The van der Waals surface area contributed by atoms with Gasteiger partial charge in [-0.15, -0.1) is 0 Å². The second kappa shape index (κ2) is 8.82. The van der Waals surface area contributed by atoms with Gasteiger partial charge in [-0.25, -0.2) is 0 Å². The largest absolute Gasteiger partial charge is 0.461 e. The van der Waals surface area contributed by atoms with E-state index in [1.54, 1.807) is 0 Å². The molecule has 1 rings (SSSR count). The van der Waals surface area contributed by atoms with Gasteiger partial charge in [-0.2, -0.15) is 4.79 Å². The molecule has 0 aliphatic carbocycles. The van der Waals surface area contributed by atoms with Crippen molar-refractivity contribution >= 4 is 18.0 Å². The quantitative estimate of drug-likeness (QED) is 0.319. The van der Waals surface area contributed by atoms with Gasteiger partial charge in [-0.1, -0.05) is 44.2 Å². The van der Waals surface area contributed by atoms with Crippen molar-refractivity contribution in [2.24, 2.45) is 11.8 Å². The van der Waals surface area contributed by atoms with Crippen LogP contribution in [0.15, 0.2) is 30.3 Å². The van der Waals surface area contributed by atoms with E-state index in [0.717, 1.165) is 11.8 Å². The molecule has 1 aromatic rings. The van der Waals surface area contributed by atoms with Crippen molar-refractivity contribution in [3.8, 4) is 0 Å². The SMILES string of the molecule is CC(C)C[C@@H](CC(=O)OCc1ccccc1)C(=O)C=[N+]=[N-]. The normalized spacial score (nSPS) is 11.6. The average Bonchev–Trinajstić information content (AvgIpc) is 2.45. The second-order valence-electron chi connectivity index (χ2n) is 5.32. The molecule has 0 fully saturated rings. The fourth-order valence-electron chi connectivity index (χ4n) is 2.03. The van der Waals surface area contributed by atoms with Gasteiger partial charge in [0.05, 0.1) is 6.42 Å². The summed E-state index contributed by atoms with van der Waals surface area (Å²) in [6.45, 7) is 4.12. The van der Waals surface area contributed by atoms with Crippen LogP contribution >= 0.6 is 0 Å². The fraction of sp³-hybridized carbons (Fsp3) is 0.438. The van der Waals surface area contributed by atoms with Crippen molar-refractivity contribution in [2.75, 3.05) is 0 Å². The third kappa shape index (κ3) is 6.63. The first-order valence-corrected chi connectivity index (χ1v) is 6.93. The number of carbonyl (C=O) groups is 2. The number of nitrogens with zero attached hydrogens (tertiary/aromatic N) is 2. The number of esters is 1. The Labute approximate surface area is 124 Å². The Balaban J connectivity index is 2.55. The zero-order chi connectivity index (χ0) is 15.7. The molecule has 0 amide bonds. The molecule has 5 nitrogen and oxygen atoms in total. The van der Waals surface area contributed by atoms with Crippen molar-refractivity contribution in [1.29, 1.82) is 0 Å². The number of ketones is 1. The molecule has 0 N–H and O–H groups in total. The van der Waals surface area contributed by atoms with Gasteiger partial charge in [0.1, 0.15) is 6.61 Å². The maximum Gasteiger partial charge on any atom is 0.323 e. The summed E-state index contributed by atoms with van der Waals surface area (Å²) in [4.78, 5) is 26.3. The predicted molar refractivity (Wildman–Crippen MR) is 78.5 cm³/mol. The molecule has 0 spiro atoms. The first-order valence-electron chi connectivity index (χ1n) is 6.93. The van der Waals surface area contributed by atoms with Crippen LogP contribution in [0.1, 0.15) is 32.3 Å². The molecule has 0 radical (unpaired) electrons. The molecule has 0 aliphatic rings. The molecule has 21 heavy (non-hydrogen) atoms. The highest BCUT2D eigenvalue weighted by Crippen LogP contribution is 2.17. The second-order valence-corrected chi connectivity index (χ2v) is 5.32. The number of hydrogen-bond acceptors (Lipinski definition) is 3. The van der Waals surface area contributed by atoms with Gasteiger partial charge in [-0.05, 0) is 17.9 Å². The first kappa shape index (κ1) is 16.8. The minimum atomic E-state index is -0.510. The molecule has 0 aromatic heterocycles. The van der Waals surface area contributed by atoms with Gasteiger partial charge in [-0.3, -0.25) is 9.59 Å². The molecule has 0 heterocycles. The van der Waals surface area contributed by atoms with E-state index in [0.29, 0.717) is 6.42 Å². The van der Waals surface area contributed by atoms with E-state index in [2.05, 4.69) is 4.79 Å². The van der Waals surface area contributed by atoms with Crippen molar-refractivity contribution in [3.05, 3.63) is 41.4 Å². The van der Waals surface area contributed by atoms with Crippen LogP contribution in [0, 0.1) is 11.8 Å². The summed E-state index contributed by atoms with van der Waals surface area (Å²) >= 11 is 0. The lowest BCUT2D eigenvalue weighted by atomic mass is 9.91. The Hall–Kier alpha value is -2.26. The van der Waals surface area contributed by atoms with Crippen LogP contribution in [-0.4, -0.2) is 22.8 Å². The molecule has 112 valence electrons. The van der Waals surface area contributed by atoms with Crippen LogP contribution < -0.4 is 0 Å². The maximum atomic E-state index is 11.8. The number of carbonyl (C=O) groups excluding carboxylic acids is 2. The van der Waals surface area contributed by atoms with E-state index < -0.39 is 11.9 Å². The molecular weight excluding hydrogens is 268 g/mol. The Bertz CT molecular complexity index is 520. The van der Waals surface area contributed by atoms with Crippen LogP contribution in [0.2, 0.25) is 0 Å². The van der Waals surface area contributed by atoms with Crippen LogP contribution in [0.4, 0.5) is 0 Å². The molecule has 0 saturated carbocycles. The van der Waals surface area contributed by atoms with Crippen LogP contribution in [0.25, 0.3) is 5.53 Å². The lowest BCUT2D eigenvalue weighted by Gasteiger charge is -2.14. The van der Waals surface area contributed by atoms with Gasteiger partial charge in [0.25, 0.3) is 0 Å². The van der Waals surface area contributed by atoms with Crippen LogP contribution in [0.5, 0.6) is 0 Å². The molecule has 5 heteroatoms. The van der Waals surface area contributed by atoms with E-state index >= 15 is 0 Å². The lowest BCUT2D eigenvalue weighted by Crippen LogP contribution is -2.22. The van der Waals surface area contributed by atoms with E-state index in [1.807, 2.05) is 44.2 Å². The zero-order valence-electron chi connectivity index (χ0n) is 12.4. The first-order chi connectivity index (χ1) is 10.0. The third-order valence-corrected chi connectivity index (χ3v) is 3.00. The topological polar surface area (TPSA) is 79.8 Å². The van der Waals surface area contributed by atoms with Gasteiger partial charge in [0, 0.05) is 5.92 Å². The summed E-state index contributed by atoms with van der Waals surface area (Å²) in [5.41, 5.74) is 9.34. The lowest BCUT2D eigenvalue weighted by molar-refractivity contribution is -0.147. The van der Waals surface area contributed by atoms with Gasteiger partial charge >= 0.3 is 12.2 Å². The third-order valence-electron chi connectivity index (χ3n) is 3.00. The number of rotatable bonds is 8. The molecule has 1 aromatic carbocycles. The van der Waals surface area contributed by atoms with E-state index in [4.69, 9.17) is 10.3 Å². The minimum Gasteiger partial charge on any atom is -0.461 e. The number of ether oxygens (including phenoxy) is 1. The summed E-state index contributed by atoms with van der Waals surface area (Å²) in [6.07, 6.45) is 1.39. The fourth-order valence-corrected chi connectivity index (χ4v) is 2.03. The molecule has 0 unspecified atom stereocenters. The smallest absolute Gasteiger partial charge is 0.323 e. The Morgan fingerprint density at radius 2 is 1.95 bits per heavy atom. The molecule has 1 atom stereocenters. The Morgan fingerprint density at radius 3 is 2.52 bits per heavy atom. The molecule has 0 saturated heterocycles. The zero-order valence-corrected chi connectivity index (χ0v) is 12.4. The summed E-state index contributed by atoms with van der Waals surface area (Å²) in [6, 6.07) is 9.35. The number of Topliss-reactive ketones (excluding diaryl/α,β-unsaturated/α-hetero) is 1. The molecule has 0 bridgehead atoms. The highest BCUT2D eigenvalue weighted by Gasteiger charge is 2.24. The standard InChI is InChI=1S/C16H20N2O3/c1-12(2)8-14(15(19)10-18-17)9-16(20)21-11-13-6-4-3-5-7-13/h3-7,10,12,14H,8-9,11H2,1-2H3/t14-/m0/s1. The summed E-state index contributed by atoms with van der Waals surface area (Å²) < 4.78 is 5.17. The van der Waals surface area contributed by atoms with Crippen molar-refractivity contribution in [2.45, 2.75) is 33.3 Å². The number of benzene rings is 1. The molecular formula is C16H20N2O3. The monoisotopic (exact) mass is 288 g/mol. The summed E-state index contributed by atoms with van der Waals surface area (Å²) in [5, 5.41) is 0. The maximum absolute atomic E-state index is 11.8. The van der Waals surface area contributed by atoms with Crippen molar-refractivity contribution < 1.29 is 19.1 Å². The minimum absolute atomic E-state index is 0.00410. The van der Waals surface area contributed by atoms with E-state index in [-0.39, 0.29) is 24.7 Å². The van der Waals surface area contributed by atoms with Crippen LogP contribution in [-0.2, 0) is 20.9 Å². The Kier molecular flexibility index (Phi) is 7.05. The highest BCUT2D eigenvalue weighted by atomic mass is 16.5. The van der Waals surface area contributed by atoms with Crippen molar-refractivity contribution in [3.63, 3.8) is 0 Å². The van der Waals surface area contributed by atoms with Crippen molar-refractivity contribution in [1.82, 2.24) is 0 Å². The number of hydrogen-bond donors (Lipinski definition) is 0. The van der Waals surface area contributed by atoms with Crippen LogP contribution in [0.3, 0.4) is 0 Å². The van der Waals surface area contributed by atoms with E-state index in [1.165, 1.54) is 0 Å². The average molecular weight is 288 g/mol. The Morgan fingerprint density at radius 1 is 1.29 bits per heavy atom. The van der Waals surface area contributed by atoms with Gasteiger partial charge < -0.3 is 10.3 Å². The highest BCUT2D eigenvalue weighted by molar-refractivity contribution is 6.26. The van der Waals surface area contributed by atoms with Gasteiger partial charge in [0.2, 0.25) is 5.78 Å². The summed E-state index contributed by atoms with van der Waals surface area (Å²) in [5.74, 6) is -1.04. The van der Waals surface area contributed by atoms with Gasteiger partial charge in [0.15, 0.2) is 0 Å². The van der Waals surface area contributed by atoms with E-state index in [9.17, 15) is 9.59 Å². The summed E-state index contributed by atoms with van der Waals surface area (Å²) in [7, 11) is 0. The predicted octanol–water partition coefficient (Wildman–Crippen LogP) is 2.65. The molecule has 0 aliphatic heterocycles.